The molecule has 0 unspecified atom stereocenters. The average molecular weight is 341 g/mol. The van der Waals surface area contributed by atoms with E-state index in [2.05, 4.69) is 22.3 Å². The van der Waals surface area contributed by atoms with Crippen molar-refractivity contribution < 1.29 is 4.79 Å². The van der Waals surface area contributed by atoms with Crippen molar-refractivity contribution in [1.82, 2.24) is 14.8 Å². The van der Waals surface area contributed by atoms with E-state index in [0.29, 0.717) is 5.82 Å². The molecule has 1 fully saturated rings. The minimum atomic E-state index is -0.465. The molecule has 3 rings (SSSR count). The SMILES string of the molecule is Cc1cnn(C)c1-c1ccc(NC(=O)[C@@H](N)C2CCC(C)CC2)nc1. The van der Waals surface area contributed by atoms with Crippen molar-refractivity contribution in [3.8, 4) is 11.3 Å². The fraction of sp³-hybridized carbons (Fsp3) is 0.526. The number of carbonyl (C=O) groups excluding carboxylic acids is 1. The molecule has 2 heterocycles. The molecule has 3 N–H and O–H groups in total. The molecular formula is C19H27N5O. The molecule has 1 amide bonds. The molecule has 134 valence electrons. The summed E-state index contributed by atoms with van der Waals surface area (Å²) in [5.41, 5.74) is 9.27. The van der Waals surface area contributed by atoms with Crippen LogP contribution in [0, 0.1) is 18.8 Å². The second kappa shape index (κ2) is 7.35. The number of anilines is 1. The second-order valence-electron chi connectivity index (χ2n) is 7.27. The Balaban J connectivity index is 1.64. The van der Waals surface area contributed by atoms with Crippen LogP contribution < -0.4 is 11.1 Å². The molecule has 0 saturated heterocycles. The minimum absolute atomic E-state index is 0.142. The van der Waals surface area contributed by atoms with Gasteiger partial charge in [0.2, 0.25) is 5.91 Å². The van der Waals surface area contributed by atoms with Crippen molar-refractivity contribution in [3.63, 3.8) is 0 Å². The van der Waals surface area contributed by atoms with Gasteiger partial charge < -0.3 is 11.1 Å². The smallest absolute Gasteiger partial charge is 0.242 e. The van der Waals surface area contributed by atoms with Gasteiger partial charge in [-0.25, -0.2) is 4.98 Å². The largest absolute Gasteiger partial charge is 0.320 e. The van der Waals surface area contributed by atoms with Gasteiger partial charge in [0.05, 0.1) is 17.9 Å². The van der Waals surface area contributed by atoms with Crippen LogP contribution in [0.1, 0.15) is 38.2 Å². The van der Waals surface area contributed by atoms with Crippen molar-refractivity contribution in [2.45, 2.75) is 45.6 Å². The van der Waals surface area contributed by atoms with Crippen LogP contribution in [0.15, 0.2) is 24.5 Å². The van der Waals surface area contributed by atoms with Gasteiger partial charge in [0, 0.05) is 18.8 Å². The van der Waals surface area contributed by atoms with E-state index in [1.165, 1.54) is 0 Å². The number of amides is 1. The third-order valence-corrected chi connectivity index (χ3v) is 5.28. The Hall–Kier alpha value is -2.21. The summed E-state index contributed by atoms with van der Waals surface area (Å²) < 4.78 is 1.82. The maximum Gasteiger partial charge on any atom is 0.242 e. The molecule has 0 bridgehead atoms. The van der Waals surface area contributed by atoms with Crippen molar-refractivity contribution in [1.29, 1.82) is 0 Å². The highest BCUT2D eigenvalue weighted by Crippen LogP contribution is 2.30. The van der Waals surface area contributed by atoms with E-state index in [4.69, 9.17) is 5.73 Å². The van der Waals surface area contributed by atoms with Crippen molar-refractivity contribution in [2.24, 2.45) is 24.6 Å². The van der Waals surface area contributed by atoms with Crippen molar-refractivity contribution >= 4 is 11.7 Å². The van der Waals surface area contributed by atoms with Crippen molar-refractivity contribution in [2.75, 3.05) is 5.32 Å². The van der Waals surface area contributed by atoms with Crippen LogP contribution >= 0.6 is 0 Å². The normalized spacial score (nSPS) is 21.8. The third-order valence-electron chi connectivity index (χ3n) is 5.28. The fourth-order valence-corrected chi connectivity index (χ4v) is 3.64. The molecular weight excluding hydrogens is 314 g/mol. The Bertz CT molecular complexity index is 709. The number of pyridine rings is 1. The van der Waals surface area contributed by atoms with Gasteiger partial charge in [0.1, 0.15) is 5.82 Å². The van der Waals surface area contributed by atoms with Crippen LogP contribution in [-0.4, -0.2) is 26.7 Å². The van der Waals surface area contributed by atoms with Crippen LogP contribution in [0.5, 0.6) is 0 Å². The van der Waals surface area contributed by atoms with Gasteiger partial charge in [-0.3, -0.25) is 9.48 Å². The molecule has 25 heavy (non-hydrogen) atoms. The zero-order chi connectivity index (χ0) is 18.0. The van der Waals surface area contributed by atoms with E-state index < -0.39 is 6.04 Å². The number of nitrogens with one attached hydrogen (secondary N) is 1. The van der Waals surface area contributed by atoms with Crippen molar-refractivity contribution in [3.05, 3.63) is 30.1 Å². The lowest BCUT2D eigenvalue weighted by molar-refractivity contribution is -0.118. The van der Waals surface area contributed by atoms with E-state index in [1.54, 1.807) is 6.20 Å². The van der Waals surface area contributed by atoms with Crippen LogP contribution in [0.25, 0.3) is 11.3 Å². The van der Waals surface area contributed by atoms with Gasteiger partial charge in [0.15, 0.2) is 0 Å². The van der Waals surface area contributed by atoms with E-state index >= 15 is 0 Å². The predicted molar refractivity (Wildman–Crippen MR) is 98.9 cm³/mol. The quantitative estimate of drug-likeness (QED) is 0.895. The molecule has 1 atom stereocenters. The summed E-state index contributed by atoms with van der Waals surface area (Å²) in [6, 6.07) is 3.30. The standard InChI is InChI=1S/C19H27N5O/c1-12-4-6-14(7-5-12)17(20)19(25)23-16-9-8-15(11-21-16)18-13(2)10-22-24(18)3/h8-12,14,17H,4-7,20H2,1-3H3,(H,21,23,25)/t12?,14?,17-/m0/s1. The third kappa shape index (κ3) is 3.90. The fourth-order valence-electron chi connectivity index (χ4n) is 3.64. The highest BCUT2D eigenvalue weighted by Gasteiger charge is 2.28. The molecule has 6 nitrogen and oxygen atoms in total. The summed E-state index contributed by atoms with van der Waals surface area (Å²) in [7, 11) is 1.90. The van der Waals surface area contributed by atoms with Gasteiger partial charge in [0.25, 0.3) is 0 Å². The molecule has 0 radical (unpaired) electrons. The monoisotopic (exact) mass is 341 g/mol. The topological polar surface area (TPSA) is 85.8 Å². The summed E-state index contributed by atoms with van der Waals surface area (Å²) in [6.45, 7) is 4.28. The zero-order valence-electron chi connectivity index (χ0n) is 15.2. The summed E-state index contributed by atoms with van der Waals surface area (Å²) in [4.78, 5) is 16.8. The Morgan fingerprint density at radius 3 is 2.56 bits per heavy atom. The van der Waals surface area contributed by atoms with Gasteiger partial charge in [-0.1, -0.05) is 19.8 Å². The molecule has 0 aliphatic heterocycles. The molecule has 0 spiro atoms. The number of carbonyl (C=O) groups is 1. The Kier molecular flexibility index (Phi) is 5.18. The average Bonchev–Trinajstić information content (AvgIpc) is 2.94. The van der Waals surface area contributed by atoms with Gasteiger partial charge in [-0.2, -0.15) is 5.10 Å². The number of nitrogens with zero attached hydrogens (tertiary/aromatic N) is 3. The molecule has 0 aromatic carbocycles. The van der Waals surface area contributed by atoms with E-state index in [0.717, 1.165) is 48.4 Å². The highest BCUT2D eigenvalue weighted by atomic mass is 16.2. The van der Waals surface area contributed by atoms with Gasteiger partial charge in [-0.05, 0) is 49.3 Å². The van der Waals surface area contributed by atoms with Gasteiger partial charge >= 0.3 is 0 Å². The highest BCUT2D eigenvalue weighted by molar-refractivity contribution is 5.94. The van der Waals surface area contributed by atoms with E-state index in [-0.39, 0.29) is 11.8 Å². The Morgan fingerprint density at radius 2 is 2.00 bits per heavy atom. The van der Waals surface area contributed by atoms with Crippen LogP contribution in [0.3, 0.4) is 0 Å². The number of hydrogen-bond donors (Lipinski definition) is 2. The Morgan fingerprint density at radius 1 is 1.28 bits per heavy atom. The molecule has 1 aliphatic rings. The lowest BCUT2D eigenvalue weighted by Gasteiger charge is -2.29. The predicted octanol–water partition coefficient (Wildman–Crippen LogP) is 2.88. The maximum atomic E-state index is 12.4. The van der Waals surface area contributed by atoms with Crippen LogP contribution in [0.4, 0.5) is 5.82 Å². The summed E-state index contributed by atoms with van der Waals surface area (Å²) >= 11 is 0. The van der Waals surface area contributed by atoms with Crippen LogP contribution in [-0.2, 0) is 11.8 Å². The molecule has 6 heteroatoms. The lowest BCUT2D eigenvalue weighted by Crippen LogP contribution is -2.43. The first-order chi connectivity index (χ1) is 12.0. The second-order valence-corrected chi connectivity index (χ2v) is 7.27. The minimum Gasteiger partial charge on any atom is -0.320 e. The number of hydrogen-bond acceptors (Lipinski definition) is 4. The first-order valence-corrected chi connectivity index (χ1v) is 8.97. The number of aryl methyl sites for hydroxylation is 2. The number of nitrogens with two attached hydrogens (primary N) is 1. The van der Waals surface area contributed by atoms with E-state index in [9.17, 15) is 4.79 Å². The number of rotatable bonds is 4. The van der Waals surface area contributed by atoms with E-state index in [1.807, 2.05) is 37.0 Å². The first-order valence-electron chi connectivity index (χ1n) is 8.97. The Labute approximate surface area is 148 Å². The molecule has 2 aromatic heterocycles. The maximum absolute atomic E-state index is 12.4. The first kappa shape index (κ1) is 17.6. The van der Waals surface area contributed by atoms with Crippen LogP contribution in [0.2, 0.25) is 0 Å². The molecule has 2 aromatic rings. The van der Waals surface area contributed by atoms with Gasteiger partial charge in [-0.15, -0.1) is 0 Å². The zero-order valence-corrected chi connectivity index (χ0v) is 15.2. The lowest BCUT2D eigenvalue weighted by atomic mass is 9.79. The number of aromatic nitrogens is 3. The summed E-state index contributed by atoms with van der Waals surface area (Å²) in [6.07, 6.45) is 7.96. The molecule has 1 aliphatic carbocycles. The summed E-state index contributed by atoms with van der Waals surface area (Å²) in [5, 5.41) is 7.10. The summed E-state index contributed by atoms with van der Waals surface area (Å²) in [5.74, 6) is 1.41. The molecule has 1 saturated carbocycles.